The fourth-order valence-electron chi connectivity index (χ4n) is 4.28. The number of aromatic nitrogens is 4. The second-order valence-corrected chi connectivity index (χ2v) is 7.61. The fraction of sp³-hybridized carbons (Fsp3) is 0.647. The Labute approximate surface area is 150 Å². The van der Waals surface area contributed by atoms with Crippen molar-refractivity contribution in [1.82, 2.24) is 19.5 Å². The van der Waals surface area contributed by atoms with Crippen LogP contribution in [0.3, 0.4) is 0 Å². The largest absolute Gasteiger partial charge is 0.465 e. The SMILES string of the molecule is CC(=O)OC[C@H]1C[C@@H](n2cnc3c(N)ncnc32)[C@@H]2OC(C)(C)O[C@]12C. The van der Waals surface area contributed by atoms with Gasteiger partial charge in [0.15, 0.2) is 17.3 Å². The van der Waals surface area contributed by atoms with Crippen LogP contribution in [0.5, 0.6) is 0 Å². The molecule has 0 bridgehead atoms. The van der Waals surface area contributed by atoms with E-state index < -0.39 is 11.4 Å². The molecule has 2 aromatic heterocycles. The van der Waals surface area contributed by atoms with Gasteiger partial charge in [-0.15, -0.1) is 0 Å². The zero-order valence-corrected chi connectivity index (χ0v) is 15.3. The summed E-state index contributed by atoms with van der Waals surface area (Å²) in [6.07, 6.45) is 3.62. The third-order valence-corrected chi connectivity index (χ3v) is 5.36. The summed E-state index contributed by atoms with van der Waals surface area (Å²) in [5, 5.41) is 0. The molecule has 0 spiro atoms. The first-order valence-corrected chi connectivity index (χ1v) is 8.65. The molecule has 2 aliphatic rings. The number of imidazole rings is 1. The van der Waals surface area contributed by atoms with Crippen molar-refractivity contribution in [2.75, 3.05) is 12.3 Å². The number of fused-ring (bicyclic) bond motifs is 2. The molecule has 0 aromatic carbocycles. The molecule has 0 amide bonds. The van der Waals surface area contributed by atoms with Gasteiger partial charge < -0.3 is 24.5 Å². The van der Waals surface area contributed by atoms with Gasteiger partial charge in [-0.2, -0.15) is 0 Å². The lowest BCUT2D eigenvalue weighted by Crippen LogP contribution is -2.42. The molecule has 0 radical (unpaired) electrons. The number of ether oxygens (including phenoxy) is 3. The van der Waals surface area contributed by atoms with Crippen LogP contribution >= 0.6 is 0 Å². The van der Waals surface area contributed by atoms with E-state index in [4.69, 9.17) is 19.9 Å². The number of nitrogens with two attached hydrogens (primary N) is 1. The first-order chi connectivity index (χ1) is 12.2. The second kappa shape index (κ2) is 5.62. The molecule has 2 N–H and O–H groups in total. The van der Waals surface area contributed by atoms with Crippen molar-refractivity contribution in [2.24, 2.45) is 5.92 Å². The van der Waals surface area contributed by atoms with Gasteiger partial charge in [-0.25, -0.2) is 15.0 Å². The van der Waals surface area contributed by atoms with E-state index in [1.807, 2.05) is 25.3 Å². The summed E-state index contributed by atoms with van der Waals surface area (Å²) in [5.41, 5.74) is 6.55. The zero-order valence-electron chi connectivity index (χ0n) is 15.3. The Hall–Kier alpha value is -2.26. The molecule has 140 valence electrons. The summed E-state index contributed by atoms with van der Waals surface area (Å²) in [6.45, 7) is 7.49. The molecule has 1 saturated carbocycles. The Bertz CT molecular complexity index is 866. The summed E-state index contributed by atoms with van der Waals surface area (Å²) >= 11 is 0. The van der Waals surface area contributed by atoms with Gasteiger partial charge in [-0.1, -0.05) is 0 Å². The van der Waals surface area contributed by atoms with E-state index in [2.05, 4.69) is 15.0 Å². The van der Waals surface area contributed by atoms with Crippen molar-refractivity contribution in [3.05, 3.63) is 12.7 Å². The normalized spacial score (nSPS) is 32.7. The number of rotatable bonds is 3. The zero-order chi connectivity index (χ0) is 18.7. The van der Waals surface area contributed by atoms with E-state index >= 15 is 0 Å². The molecule has 2 aromatic rings. The van der Waals surface area contributed by atoms with Gasteiger partial charge in [0, 0.05) is 12.8 Å². The Balaban J connectivity index is 1.74. The molecule has 26 heavy (non-hydrogen) atoms. The predicted octanol–water partition coefficient (Wildman–Crippen LogP) is 1.44. The third-order valence-electron chi connectivity index (χ3n) is 5.36. The molecule has 3 heterocycles. The summed E-state index contributed by atoms with van der Waals surface area (Å²) in [7, 11) is 0. The van der Waals surface area contributed by atoms with Gasteiger partial charge in [0.1, 0.15) is 23.5 Å². The monoisotopic (exact) mass is 361 g/mol. The summed E-state index contributed by atoms with van der Waals surface area (Å²) in [5.74, 6) is -0.702. The number of carbonyl (C=O) groups excluding carboxylic acids is 1. The van der Waals surface area contributed by atoms with Gasteiger partial charge in [0.05, 0.1) is 19.0 Å². The maximum atomic E-state index is 11.3. The van der Waals surface area contributed by atoms with Crippen LogP contribution < -0.4 is 5.73 Å². The van der Waals surface area contributed by atoms with E-state index in [9.17, 15) is 4.79 Å². The lowest BCUT2D eigenvalue weighted by Gasteiger charge is -2.30. The van der Waals surface area contributed by atoms with E-state index in [1.165, 1.54) is 13.3 Å². The highest BCUT2D eigenvalue weighted by molar-refractivity contribution is 5.81. The lowest BCUT2D eigenvalue weighted by molar-refractivity contribution is -0.181. The van der Waals surface area contributed by atoms with Crippen molar-refractivity contribution >= 4 is 23.0 Å². The summed E-state index contributed by atoms with van der Waals surface area (Å²) in [4.78, 5) is 24.0. The predicted molar refractivity (Wildman–Crippen MR) is 92.0 cm³/mol. The van der Waals surface area contributed by atoms with Gasteiger partial charge in [-0.05, 0) is 27.2 Å². The quantitative estimate of drug-likeness (QED) is 0.817. The maximum Gasteiger partial charge on any atom is 0.302 e. The summed E-state index contributed by atoms with van der Waals surface area (Å²) < 4.78 is 19.8. The maximum absolute atomic E-state index is 11.3. The molecule has 0 unspecified atom stereocenters. The van der Waals surface area contributed by atoms with E-state index in [-0.39, 0.29) is 30.6 Å². The molecule has 1 saturated heterocycles. The Morgan fingerprint density at radius 2 is 2.15 bits per heavy atom. The van der Waals surface area contributed by atoms with Crippen molar-refractivity contribution < 1.29 is 19.0 Å². The number of hydrogen-bond acceptors (Lipinski definition) is 8. The molecule has 4 atom stereocenters. The smallest absolute Gasteiger partial charge is 0.302 e. The molecule has 9 nitrogen and oxygen atoms in total. The standard InChI is InChI=1S/C17H23N5O4/c1-9(23)24-6-10-5-11(13-17(10,4)26-16(2,3)25-13)22-8-21-12-14(18)19-7-20-15(12)22/h7-8,10-11,13H,5-6H2,1-4H3,(H2,18,19,20)/t10-,11-,13+,17-/m1/s1. The molecular weight excluding hydrogens is 338 g/mol. The lowest BCUT2D eigenvalue weighted by atomic mass is 9.92. The second-order valence-electron chi connectivity index (χ2n) is 7.61. The average molecular weight is 361 g/mol. The highest BCUT2D eigenvalue weighted by Crippen LogP contribution is 2.54. The van der Waals surface area contributed by atoms with Crippen molar-refractivity contribution in [1.29, 1.82) is 0 Å². The fourth-order valence-corrected chi connectivity index (χ4v) is 4.28. The number of hydrogen-bond donors (Lipinski definition) is 1. The highest BCUT2D eigenvalue weighted by Gasteiger charge is 2.62. The van der Waals surface area contributed by atoms with Crippen LogP contribution in [-0.2, 0) is 19.0 Å². The summed E-state index contributed by atoms with van der Waals surface area (Å²) in [6, 6.07) is -0.0679. The van der Waals surface area contributed by atoms with E-state index in [0.29, 0.717) is 23.4 Å². The number of carbonyl (C=O) groups is 1. The molecule has 9 heteroatoms. The van der Waals surface area contributed by atoms with Crippen molar-refractivity contribution in [3.8, 4) is 0 Å². The molecular formula is C17H23N5O4. The number of anilines is 1. The van der Waals surface area contributed by atoms with Crippen LogP contribution in [0.1, 0.15) is 40.2 Å². The van der Waals surface area contributed by atoms with Crippen LogP contribution in [0, 0.1) is 5.92 Å². The minimum Gasteiger partial charge on any atom is -0.465 e. The third kappa shape index (κ3) is 2.53. The first-order valence-electron chi connectivity index (χ1n) is 8.65. The average Bonchev–Trinajstić information content (AvgIpc) is 3.14. The topological polar surface area (TPSA) is 114 Å². The molecule has 1 aliphatic heterocycles. The Morgan fingerprint density at radius 3 is 2.88 bits per heavy atom. The van der Waals surface area contributed by atoms with Crippen LogP contribution in [0.4, 0.5) is 5.82 Å². The minimum absolute atomic E-state index is 0.0141. The molecule has 4 rings (SSSR count). The molecule has 2 fully saturated rings. The van der Waals surface area contributed by atoms with E-state index in [0.717, 1.165) is 0 Å². The molecule has 1 aliphatic carbocycles. The Kier molecular flexibility index (Phi) is 3.71. The van der Waals surface area contributed by atoms with Gasteiger partial charge in [-0.3, -0.25) is 4.79 Å². The van der Waals surface area contributed by atoms with Crippen LogP contribution in [-0.4, -0.2) is 49.6 Å². The van der Waals surface area contributed by atoms with Gasteiger partial charge >= 0.3 is 5.97 Å². The minimum atomic E-state index is -0.725. The number of nitrogens with zero attached hydrogens (tertiary/aromatic N) is 4. The highest BCUT2D eigenvalue weighted by atomic mass is 16.8. The van der Waals surface area contributed by atoms with Gasteiger partial charge in [0.25, 0.3) is 0 Å². The van der Waals surface area contributed by atoms with E-state index in [1.54, 1.807) is 6.33 Å². The number of esters is 1. The van der Waals surface area contributed by atoms with Crippen molar-refractivity contribution in [3.63, 3.8) is 0 Å². The number of nitrogen functional groups attached to an aromatic ring is 1. The van der Waals surface area contributed by atoms with Crippen LogP contribution in [0.2, 0.25) is 0 Å². The van der Waals surface area contributed by atoms with Gasteiger partial charge in [0.2, 0.25) is 0 Å². The van der Waals surface area contributed by atoms with Crippen LogP contribution in [0.15, 0.2) is 12.7 Å². The van der Waals surface area contributed by atoms with Crippen LogP contribution in [0.25, 0.3) is 11.2 Å². The Morgan fingerprint density at radius 1 is 1.38 bits per heavy atom. The first kappa shape index (κ1) is 17.2. The van der Waals surface area contributed by atoms with Crippen molar-refractivity contribution in [2.45, 2.75) is 57.6 Å².